The van der Waals surface area contributed by atoms with Crippen molar-refractivity contribution in [1.82, 2.24) is 9.80 Å². The van der Waals surface area contributed by atoms with Gasteiger partial charge in [-0.3, -0.25) is 9.80 Å². The standard InChI is InChI=1S/C24H32N2O3/c1-4-28-21-6-5-7-22(14-21)29-13-12-26-16-19-15-25(2)24(23(19)17-26)18-8-10-20(27-3)11-9-18/h5-11,14,19,23-24H,4,12-13,15-17H2,1-3H3/t19-,23+,24-/m0/s1. The maximum Gasteiger partial charge on any atom is 0.123 e. The Bertz CT molecular complexity index is 795. The van der Waals surface area contributed by atoms with Gasteiger partial charge < -0.3 is 14.2 Å². The van der Waals surface area contributed by atoms with E-state index in [-0.39, 0.29) is 0 Å². The molecule has 2 aromatic rings. The summed E-state index contributed by atoms with van der Waals surface area (Å²) in [6.45, 7) is 7.79. The van der Waals surface area contributed by atoms with Crippen molar-refractivity contribution in [1.29, 1.82) is 0 Å². The van der Waals surface area contributed by atoms with Crippen LogP contribution in [0.2, 0.25) is 0 Å². The van der Waals surface area contributed by atoms with Crippen LogP contribution in [0.15, 0.2) is 48.5 Å². The van der Waals surface area contributed by atoms with Crippen LogP contribution in [-0.4, -0.2) is 63.4 Å². The van der Waals surface area contributed by atoms with Gasteiger partial charge in [-0.2, -0.15) is 0 Å². The molecule has 0 unspecified atom stereocenters. The molecule has 2 aliphatic heterocycles. The van der Waals surface area contributed by atoms with E-state index in [2.05, 4.69) is 41.1 Å². The SMILES string of the molecule is CCOc1cccc(OCCN2C[C@@H]3CN(C)[C@@H](c4ccc(OC)cc4)[C@@H]3C2)c1. The number of methoxy groups -OCH3 is 1. The van der Waals surface area contributed by atoms with Crippen LogP contribution in [0.25, 0.3) is 0 Å². The van der Waals surface area contributed by atoms with Crippen molar-refractivity contribution in [3.63, 3.8) is 0 Å². The van der Waals surface area contributed by atoms with Crippen LogP contribution >= 0.6 is 0 Å². The molecule has 0 saturated carbocycles. The first-order valence-electron chi connectivity index (χ1n) is 10.6. The Morgan fingerprint density at radius 2 is 1.69 bits per heavy atom. The Balaban J connectivity index is 1.32. The Hall–Kier alpha value is -2.24. The molecule has 2 heterocycles. The zero-order chi connectivity index (χ0) is 20.2. The molecule has 0 radical (unpaired) electrons. The molecule has 0 amide bonds. The van der Waals surface area contributed by atoms with Crippen LogP contribution in [0, 0.1) is 11.8 Å². The van der Waals surface area contributed by atoms with Gasteiger partial charge in [0, 0.05) is 38.3 Å². The summed E-state index contributed by atoms with van der Waals surface area (Å²) in [5, 5.41) is 0. The molecule has 0 N–H and O–H groups in total. The third-order valence-electron chi connectivity index (χ3n) is 6.22. The summed E-state index contributed by atoms with van der Waals surface area (Å²) in [5.41, 5.74) is 1.40. The fourth-order valence-electron chi connectivity index (χ4n) is 4.95. The predicted octanol–water partition coefficient (Wildman–Crippen LogP) is 3.71. The van der Waals surface area contributed by atoms with Crippen LogP contribution in [0.1, 0.15) is 18.5 Å². The van der Waals surface area contributed by atoms with E-state index in [4.69, 9.17) is 14.2 Å². The van der Waals surface area contributed by atoms with Gasteiger partial charge in [-0.1, -0.05) is 18.2 Å². The molecule has 29 heavy (non-hydrogen) atoms. The quantitative estimate of drug-likeness (QED) is 0.680. The molecule has 2 aromatic carbocycles. The highest BCUT2D eigenvalue weighted by Crippen LogP contribution is 2.44. The van der Waals surface area contributed by atoms with E-state index in [0.29, 0.717) is 25.2 Å². The minimum absolute atomic E-state index is 0.486. The highest BCUT2D eigenvalue weighted by molar-refractivity contribution is 5.33. The predicted molar refractivity (Wildman–Crippen MR) is 115 cm³/mol. The number of hydrogen-bond acceptors (Lipinski definition) is 5. The summed E-state index contributed by atoms with van der Waals surface area (Å²) >= 11 is 0. The van der Waals surface area contributed by atoms with Crippen LogP contribution in [-0.2, 0) is 0 Å². The highest BCUT2D eigenvalue weighted by Gasteiger charge is 2.45. The summed E-state index contributed by atoms with van der Waals surface area (Å²) in [6.07, 6.45) is 0. The van der Waals surface area contributed by atoms with Crippen molar-refractivity contribution in [2.45, 2.75) is 13.0 Å². The lowest BCUT2D eigenvalue weighted by Crippen LogP contribution is -2.31. The fraction of sp³-hybridized carbons (Fsp3) is 0.500. The van der Waals surface area contributed by atoms with E-state index in [1.165, 1.54) is 5.56 Å². The Labute approximate surface area is 174 Å². The summed E-state index contributed by atoms with van der Waals surface area (Å²) < 4.78 is 16.9. The number of benzene rings is 2. The number of likely N-dealkylation sites (tertiary alicyclic amines) is 2. The topological polar surface area (TPSA) is 34.2 Å². The van der Waals surface area contributed by atoms with Crippen molar-refractivity contribution in [2.24, 2.45) is 11.8 Å². The maximum absolute atomic E-state index is 5.99. The van der Waals surface area contributed by atoms with Crippen LogP contribution in [0.3, 0.4) is 0 Å². The molecule has 5 heteroatoms. The van der Waals surface area contributed by atoms with Gasteiger partial charge in [0.2, 0.25) is 0 Å². The van der Waals surface area contributed by atoms with Crippen LogP contribution in [0.4, 0.5) is 0 Å². The zero-order valence-electron chi connectivity index (χ0n) is 17.7. The number of ether oxygens (including phenoxy) is 3. The molecule has 2 fully saturated rings. The lowest BCUT2D eigenvalue weighted by Gasteiger charge is -2.27. The van der Waals surface area contributed by atoms with Crippen molar-refractivity contribution < 1.29 is 14.2 Å². The van der Waals surface area contributed by atoms with E-state index < -0.39 is 0 Å². The summed E-state index contributed by atoms with van der Waals surface area (Å²) in [7, 11) is 3.97. The molecular formula is C24H32N2O3. The first kappa shape index (κ1) is 20.0. The first-order chi connectivity index (χ1) is 14.2. The third kappa shape index (κ3) is 4.51. The first-order valence-corrected chi connectivity index (χ1v) is 10.6. The lowest BCUT2D eigenvalue weighted by atomic mass is 9.89. The Kier molecular flexibility index (Phi) is 6.26. The van der Waals surface area contributed by atoms with Crippen molar-refractivity contribution in [3.8, 4) is 17.2 Å². The number of rotatable bonds is 8. The smallest absolute Gasteiger partial charge is 0.123 e. The number of fused-ring (bicyclic) bond motifs is 1. The molecule has 2 saturated heterocycles. The normalized spacial score (nSPS) is 24.4. The zero-order valence-corrected chi connectivity index (χ0v) is 17.7. The summed E-state index contributed by atoms with van der Waals surface area (Å²) in [5.74, 6) is 4.07. The van der Waals surface area contributed by atoms with E-state index >= 15 is 0 Å². The second kappa shape index (κ2) is 9.06. The van der Waals surface area contributed by atoms with Crippen molar-refractivity contribution in [3.05, 3.63) is 54.1 Å². The van der Waals surface area contributed by atoms with Gasteiger partial charge >= 0.3 is 0 Å². The average molecular weight is 397 g/mol. The second-order valence-electron chi connectivity index (χ2n) is 8.10. The maximum atomic E-state index is 5.99. The van der Waals surface area contributed by atoms with Gasteiger partial charge in [0.1, 0.15) is 23.9 Å². The lowest BCUT2D eigenvalue weighted by molar-refractivity contribution is 0.198. The summed E-state index contributed by atoms with van der Waals surface area (Å²) in [6, 6.07) is 17.0. The third-order valence-corrected chi connectivity index (χ3v) is 6.22. The highest BCUT2D eigenvalue weighted by atomic mass is 16.5. The molecule has 0 aliphatic carbocycles. The van der Waals surface area contributed by atoms with Crippen molar-refractivity contribution >= 4 is 0 Å². The van der Waals surface area contributed by atoms with Gasteiger partial charge in [-0.05, 0) is 55.6 Å². The molecule has 0 spiro atoms. The largest absolute Gasteiger partial charge is 0.497 e. The number of hydrogen-bond donors (Lipinski definition) is 0. The van der Waals surface area contributed by atoms with E-state index in [1.807, 2.05) is 31.2 Å². The Morgan fingerprint density at radius 1 is 0.931 bits per heavy atom. The van der Waals surface area contributed by atoms with E-state index in [0.717, 1.165) is 49.3 Å². The second-order valence-corrected chi connectivity index (χ2v) is 8.10. The van der Waals surface area contributed by atoms with Gasteiger partial charge in [-0.25, -0.2) is 0 Å². The van der Waals surface area contributed by atoms with Crippen molar-refractivity contribution in [2.75, 3.05) is 53.6 Å². The molecule has 4 rings (SSSR count). The average Bonchev–Trinajstić information content (AvgIpc) is 3.24. The van der Waals surface area contributed by atoms with E-state index in [9.17, 15) is 0 Å². The fourth-order valence-corrected chi connectivity index (χ4v) is 4.95. The van der Waals surface area contributed by atoms with Crippen LogP contribution < -0.4 is 14.2 Å². The Morgan fingerprint density at radius 3 is 2.41 bits per heavy atom. The van der Waals surface area contributed by atoms with Crippen LogP contribution in [0.5, 0.6) is 17.2 Å². The van der Waals surface area contributed by atoms with Gasteiger partial charge in [0.15, 0.2) is 0 Å². The molecule has 0 aromatic heterocycles. The minimum atomic E-state index is 0.486. The molecule has 2 aliphatic rings. The van der Waals surface area contributed by atoms with Gasteiger partial charge in [0.05, 0.1) is 13.7 Å². The molecule has 156 valence electrons. The minimum Gasteiger partial charge on any atom is -0.497 e. The monoisotopic (exact) mass is 396 g/mol. The molecule has 5 nitrogen and oxygen atoms in total. The summed E-state index contributed by atoms with van der Waals surface area (Å²) in [4.78, 5) is 5.08. The van der Waals surface area contributed by atoms with E-state index in [1.54, 1.807) is 7.11 Å². The molecular weight excluding hydrogens is 364 g/mol. The molecule has 3 atom stereocenters. The number of nitrogens with zero attached hydrogens (tertiary/aromatic N) is 2. The van der Waals surface area contributed by atoms with Gasteiger partial charge in [0.25, 0.3) is 0 Å². The van der Waals surface area contributed by atoms with Gasteiger partial charge in [-0.15, -0.1) is 0 Å². The molecule has 0 bridgehead atoms.